The van der Waals surface area contributed by atoms with Crippen LogP contribution < -0.4 is 11.3 Å². The maximum atomic E-state index is 11.2. The van der Waals surface area contributed by atoms with Crippen molar-refractivity contribution < 1.29 is 4.79 Å². The number of nitrogen functional groups attached to an aromatic ring is 1. The van der Waals surface area contributed by atoms with Gasteiger partial charge in [-0.15, -0.1) is 0 Å². The van der Waals surface area contributed by atoms with Gasteiger partial charge in [-0.3, -0.25) is 19.9 Å². The molecule has 2 aromatic rings. The number of hydrogen-bond acceptors (Lipinski definition) is 4. The van der Waals surface area contributed by atoms with Crippen molar-refractivity contribution in [2.24, 2.45) is 5.84 Å². The quantitative estimate of drug-likeness (QED) is 0.450. The molecule has 0 aliphatic carbocycles. The van der Waals surface area contributed by atoms with Crippen LogP contribution >= 0.6 is 0 Å². The van der Waals surface area contributed by atoms with Crippen LogP contribution in [0.5, 0.6) is 0 Å². The van der Waals surface area contributed by atoms with E-state index in [2.05, 4.69) is 15.5 Å². The molecule has 6 heteroatoms. The molecule has 2 aromatic heterocycles. The van der Waals surface area contributed by atoms with Gasteiger partial charge in [0.15, 0.2) is 0 Å². The molecule has 3 N–H and O–H groups in total. The third-order valence-corrected chi connectivity index (χ3v) is 2.30. The highest BCUT2D eigenvalue weighted by Gasteiger charge is 2.04. The van der Waals surface area contributed by atoms with Gasteiger partial charge in [0.05, 0.1) is 24.0 Å². The molecule has 0 spiro atoms. The Labute approximate surface area is 98.4 Å². The molecule has 1 amide bonds. The normalized spacial score (nSPS) is 10.2. The number of nitrogens with two attached hydrogens (primary N) is 1. The minimum Gasteiger partial charge on any atom is -0.290 e. The number of amides is 1. The zero-order valence-corrected chi connectivity index (χ0v) is 9.42. The van der Waals surface area contributed by atoms with Crippen molar-refractivity contribution in [3.05, 3.63) is 47.5 Å². The Morgan fingerprint density at radius 1 is 1.47 bits per heavy atom. The summed E-state index contributed by atoms with van der Waals surface area (Å²) in [5.74, 6) is 4.68. The standard InChI is InChI=1S/C11H13N5O/c1-8-4-14-16(6-8)7-10-3-2-9(5-13-10)11(17)15-12/h2-6H,7,12H2,1H3,(H,15,17). The first-order valence-electron chi connectivity index (χ1n) is 5.14. The van der Waals surface area contributed by atoms with Crippen molar-refractivity contribution in [2.45, 2.75) is 13.5 Å². The van der Waals surface area contributed by atoms with Crippen molar-refractivity contribution in [1.82, 2.24) is 20.2 Å². The lowest BCUT2D eigenvalue weighted by atomic mass is 10.2. The number of nitrogens with one attached hydrogen (secondary N) is 1. The zero-order chi connectivity index (χ0) is 12.3. The number of hydrazine groups is 1. The summed E-state index contributed by atoms with van der Waals surface area (Å²) in [4.78, 5) is 15.4. The summed E-state index contributed by atoms with van der Waals surface area (Å²) < 4.78 is 1.79. The van der Waals surface area contributed by atoms with Crippen LogP contribution in [0, 0.1) is 6.92 Å². The van der Waals surface area contributed by atoms with Gasteiger partial charge in [0.2, 0.25) is 0 Å². The smallest absolute Gasteiger partial charge is 0.266 e. The van der Waals surface area contributed by atoms with Crippen LogP contribution in [0.4, 0.5) is 0 Å². The monoisotopic (exact) mass is 231 g/mol. The summed E-state index contributed by atoms with van der Waals surface area (Å²) in [6.07, 6.45) is 5.21. The van der Waals surface area contributed by atoms with Gasteiger partial charge in [-0.2, -0.15) is 5.10 Å². The van der Waals surface area contributed by atoms with Gasteiger partial charge in [0, 0.05) is 12.4 Å². The molecule has 0 atom stereocenters. The Morgan fingerprint density at radius 2 is 2.29 bits per heavy atom. The largest absolute Gasteiger partial charge is 0.290 e. The number of hydrogen-bond donors (Lipinski definition) is 2. The molecule has 0 bridgehead atoms. The van der Waals surface area contributed by atoms with Crippen LogP contribution in [0.25, 0.3) is 0 Å². The van der Waals surface area contributed by atoms with E-state index in [-0.39, 0.29) is 5.91 Å². The van der Waals surface area contributed by atoms with Crippen LogP contribution in [-0.4, -0.2) is 20.7 Å². The molecule has 0 radical (unpaired) electrons. The SMILES string of the molecule is Cc1cnn(Cc2ccc(C(=O)NN)cn2)c1. The van der Waals surface area contributed by atoms with E-state index in [1.807, 2.05) is 13.1 Å². The molecular weight excluding hydrogens is 218 g/mol. The lowest BCUT2D eigenvalue weighted by molar-refractivity contribution is 0.0953. The molecule has 6 nitrogen and oxygen atoms in total. The van der Waals surface area contributed by atoms with Gasteiger partial charge in [-0.25, -0.2) is 5.84 Å². The second kappa shape index (κ2) is 4.75. The van der Waals surface area contributed by atoms with Crippen LogP contribution in [-0.2, 0) is 6.54 Å². The summed E-state index contributed by atoms with van der Waals surface area (Å²) in [5.41, 5.74) is 4.43. The number of pyridine rings is 1. The summed E-state index contributed by atoms with van der Waals surface area (Å²) >= 11 is 0. The minimum absolute atomic E-state index is 0.348. The Morgan fingerprint density at radius 3 is 2.82 bits per heavy atom. The molecule has 0 unspecified atom stereocenters. The predicted molar refractivity (Wildman–Crippen MR) is 62.0 cm³/mol. The van der Waals surface area contributed by atoms with E-state index in [0.29, 0.717) is 12.1 Å². The van der Waals surface area contributed by atoms with Gasteiger partial charge in [0.25, 0.3) is 5.91 Å². The average molecular weight is 231 g/mol. The molecule has 88 valence electrons. The van der Waals surface area contributed by atoms with Gasteiger partial charge in [0.1, 0.15) is 0 Å². The highest BCUT2D eigenvalue weighted by Crippen LogP contribution is 2.03. The van der Waals surface area contributed by atoms with Crippen LogP contribution in [0.2, 0.25) is 0 Å². The van der Waals surface area contributed by atoms with E-state index in [4.69, 9.17) is 5.84 Å². The number of carbonyl (C=O) groups excluding carboxylic acids is 1. The van der Waals surface area contributed by atoms with E-state index < -0.39 is 0 Å². The summed E-state index contributed by atoms with van der Waals surface area (Å²) in [5, 5.41) is 4.16. The van der Waals surface area contributed by atoms with Gasteiger partial charge >= 0.3 is 0 Å². The molecule has 0 saturated carbocycles. The Balaban J connectivity index is 2.10. The minimum atomic E-state index is -0.348. The maximum absolute atomic E-state index is 11.2. The second-order valence-corrected chi connectivity index (χ2v) is 3.73. The Hall–Kier alpha value is -2.21. The van der Waals surface area contributed by atoms with Crippen molar-refractivity contribution in [1.29, 1.82) is 0 Å². The Kier molecular flexibility index (Phi) is 3.15. The fourth-order valence-electron chi connectivity index (χ4n) is 1.46. The van der Waals surface area contributed by atoms with Gasteiger partial charge < -0.3 is 0 Å². The molecule has 0 aliphatic heterocycles. The topological polar surface area (TPSA) is 85.8 Å². The highest BCUT2D eigenvalue weighted by atomic mass is 16.2. The van der Waals surface area contributed by atoms with Crippen molar-refractivity contribution in [3.8, 4) is 0 Å². The van der Waals surface area contributed by atoms with Crippen molar-refractivity contribution in [2.75, 3.05) is 0 Å². The lowest BCUT2D eigenvalue weighted by Crippen LogP contribution is -2.30. The van der Waals surface area contributed by atoms with E-state index >= 15 is 0 Å². The van der Waals surface area contributed by atoms with Crippen LogP contribution in [0.15, 0.2) is 30.7 Å². The number of aromatic nitrogens is 3. The third kappa shape index (κ3) is 2.67. The lowest BCUT2D eigenvalue weighted by Gasteiger charge is -2.02. The number of carbonyl (C=O) groups is 1. The summed E-state index contributed by atoms with van der Waals surface area (Å²) in [6, 6.07) is 3.46. The molecule has 0 aliphatic rings. The fraction of sp³-hybridized carbons (Fsp3) is 0.182. The predicted octanol–water partition coefficient (Wildman–Crippen LogP) is 0.238. The van der Waals surface area contributed by atoms with E-state index in [1.165, 1.54) is 6.20 Å². The highest BCUT2D eigenvalue weighted by molar-refractivity contribution is 5.93. The van der Waals surface area contributed by atoms with Crippen molar-refractivity contribution in [3.63, 3.8) is 0 Å². The van der Waals surface area contributed by atoms with E-state index in [0.717, 1.165) is 11.3 Å². The molecule has 0 fully saturated rings. The maximum Gasteiger partial charge on any atom is 0.266 e. The molecule has 0 saturated heterocycles. The molecule has 2 heterocycles. The molecule has 2 rings (SSSR count). The Bertz CT molecular complexity index is 517. The van der Waals surface area contributed by atoms with Gasteiger partial charge in [-0.1, -0.05) is 0 Å². The first kappa shape index (κ1) is 11.3. The molecular formula is C11H13N5O. The van der Waals surface area contributed by atoms with E-state index in [9.17, 15) is 4.79 Å². The van der Waals surface area contributed by atoms with Gasteiger partial charge in [-0.05, 0) is 24.6 Å². The number of rotatable bonds is 3. The summed E-state index contributed by atoms with van der Waals surface area (Å²) in [7, 11) is 0. The first-order chi connectivity index (χ1) is 8.19. The summed E-state index contributed by atoms with van der Waals surface area (Å²) in [6.45, 7) is 2.56. The molecule has 17 heavy (non-hydrogen) atoms. The average Bonchev–Trinajstić information content (AvgIpc) is 2.75. The molecule has 0 aromatic carbocycles. The third-order valence-electron chi connectivity index (χ3n) is 2.30. The van der Waals surface area contributed by atoms with Crippen LogP contribution in [0.3, 0.4) is 0 Å². The van der Waals surface area contributed by atoms with Crippen molar-refractivity contribution >= 4 is 5.91 Å². The number of aryl methyl sites for hydroxylation is 1. The number of nitrogens with zero attached hydrogens (tertiary/aromatic N) is 3. The second-order valence-electron chi connectivity index (χ2n) is 3.73. The first-order valence-corrected chi connectivity index (χ1v) is 5.14. The van der Waals surface area contributed by atoms with Crippen LogP contribution in [0.1, 0.15) is 21.6 Å². The fourth-order valence-corrected chi connectivity index (χ4v) is 1.46. The van der Waals surface area contributed by atoms with E-state index in [1.54, 1.807) is 23.0 Å². The zero-order valence-electron chi connectivity index (χ0n) is 9.42.